The second-order valence-corrected chi connectivity index (χ2v) is 3.73. The molecule has 0 aromatic heterocycles. The molecule has 19 heavy (non-hydrogen) atoms. The van der Waals surface area contributed by atoms with Crippen molar-refractivity contribution in [2.45, 2.75) is 19.8 Å². The first kappa shape index (κ1) is 16.8. The van der Waals surface area contributed by atoms with Gasteiger partial charge in [-0.05, 0) is 19.8 Å². The van der Waals surface area contributed by atoms with Gasteiger partial charge in [-0.15, -0.1) is 0 Å². The van der Waals surface area contributed by atoms with Crippen LogP contribution in [0.4, 0.5) is 0 Å². The van der Waals surface area contributed by atoms with Crippen molar-refractivity contribution in [3.05, 3.63) is 60.8 Å². The van der Waals surface area contributed by atoms with Gasteiger partial charge >= 0.3 is 5.97 Å². The second-order valence-electron chi connectivity index (χ2n) is 3.73. The highest BCUT2D eigenvalue weighted by Gasteiger charge is 1.99. The largest absolute Gasteiger partial charge is 0.455 e. The van der Waals surface area contributed by atoms with Gasteiger partial charge in [0.15, 0.2) is 6.29 Å². The quantitative estimate of drug-likeness (QED) is 0.444. The van der Waals surface area contributed by atoms with E-state index in [0.29, 0.717) is 11.9 Å². The standard InChI is InChI=1S/C6H8O3.2C5H6/c1-5(2)6(8)9-4-3-7;2*1-2-4-5-3-1/h3H,1,4H2,2H3;2*1-4H,5H2. The molecule has 0 aliphatic heterocycles. The van der Waals surface area contributed by atoms with Crippen LogP contribution in [0.25, 0.3) is 0 Å². The Hall–Kier alpha value is -2.16. The smallest absolute Gasteiger partial charge is 0.333 e. The summed E-state index contributed by atoms with van der Waals surface area (Å²) in [5, 5.41) is 0. The van der Waals surface area contributed by atoms with Gasteiger partial charge in [-0.2, -0.15) is 0 Å². The van der Waals surface area contributed by atoms with E-state index in [9.17, 15) is 9.59 Å². The second kappa shape index (κ2) is 12.3. The molecule has 3 nitrogen and oxygen atoms in total. The van der Waals surface area contributed by atoms with Crippen molar-refractivity contribution in [3.63, 3.8) is 0 Å². The molecule has 2 rings (SSSR count). The van der Waals surface area contributed by atoms with E-state index in [1.807, 2.05) is 0 Å². The van der Waals surface area contributed by atoms with Crippen LogP contribution < -0.4 is 0 Å². The predicted octanol–water partition coefficient (Wildman–Crippen LogP) is 3.31. The van der Waals surface area contributed by atoms with E-state index in [1.165, 1.54) is 6.92 Å². The van der Waals surface area contributed by atoms with Gasteiger partial charge in [0.25, 0.3) is 0 Å². The molecule has 0 N–H and O–H groups in total. The fourth-order valence-electron chi connectivity index (χ4n) is 1.02. The van der Waals surface area contributed by atoms with Crippen LogP contribution in [0.3, 0.4) is 0 Å². The molecule has 0 unspecified atom stereocenters. The van der Waals surface area contributed by atoms with Gasteiger partial charge in [0.1, 0.15) is 6.61 Å². The molecular weight excluding hydrogens is 240 g/mol. The molecule has 0 heterocycles. The summed E-state index contributed by atoms with van der Waals surface area (Å²) in [4.78, 5) is 20.0. The summed E-state index contributed by atoms with van der Waals surface area (Å²) in [6, 6.07) is 0. The Kier molecular flexibility index (Phi) is 10.9. The highest BCUT2D eigenvalue weighted by atomic mass is 16.5. The third-order valence-electron chi connectivity index (χ3n) is 1.94. The molecule has 0 aromatic carbocycles. The summed E-state index contributed by atoms with van der Waals surface area (Å²) in [6.45, 7) is 4.65. The Morgan fingerprint density at radius 1 is 1.11 bits per heavy atom. The summed E-state index contributed by atoms with van der Waals surface area (Å²) >= 11 is 0. The normalized spacial score (nSPS) is 13.1. The van der Waals surface area contributed by atoms with Crippen molar-refractivity contribution in [2.24, 2.45) is 0 Å². The first-order valence-electron chi connectivity index (χ1n) is 6.08. The number of esters is 1. The lowest BCUT2D eigenvalue weighted by molar-refractivity contribution is -0.141. The lowest BCUT2D eigenvalue weighted by Gasteiger charge is -1.96. The van der Waals surface area contributed by atoms with Gasteiger partial charge in [0, 0.05) is 5.57 Å². The molecule has 0 spiro atoms. The van der Waals surface area contributed by atoms with Crippen molar-refractivity contribution >= 4 is 12.3 Å². The lowest BCUT2D eigenvalue weighted by atomic mass is 10.4. The molecular formula is C16H20O3. The Morgan fingerprint density at radius 2 is 1.53 bits per heavy atom. The SMILES string of the molecule is C1=CCC=C1.C1=CCC=C1.C=C(C)C(=O)OCC=O. The first-order chi connectivity index (χ1) is 9.18. The maximum absolute atomic E-state index is 10.4. The Bertz CT molecular complexity index is 356. The molecule has 0 radical (unpaired) electrons. The number of aldehydes is 1. The van der Waals surface area contributed by atoms with E-state index >= 15 is 0 Å². The minimum atomic E-state index is -0.526. The Balaban J connectivity index is 0.000000273. The van der Waals surface area contributed by atoms with Crippen LogP contribution in [-0.4, -0.2) is 18.9 Å². The lowest BCUT2D eigenvalue weighted by Crippen LogP contribution is -2.06. The number of rotatable bonds is 3. The number of carbonyl (C=O) groups is 2. The number of hydrogen-bond donors (Lipinski definition) is 0. The predicted molar refractivity (Wildman–Crippen MR) is 77.6 cm³/mol. The molecule has 0 saturated heterocycles. The maximum Gasteiger partial charge on any atom is 0.333 e. The van der Waals surface area contributed by atoms with Gasteiger partial charge < -0.3 is 4.74 Å². The fourth-order valence-corrected chi connectivity index (χ4v) is 1.02. The minimum Gasteiger partial charge on any atom is -0.455 e. The molecule has 0 fully saturated rings. The zero-order valence-corrected chi connectivity index (χ0v) is 11.2. The van der Waals surface area contributed by atoms with E-state index in [2.05, 4.69) is 59.9 Å². The van der Waals surface area contributed by atoms with E-state index in [-0.39, 0.29) is 6.61 Å². The molecule has 2 aliphatic rings. The van der Waals surface area contributed by atoms with E-state index in [1.54, 1.807) is 0 Å². The Labute approximate surface area is 114 Å². The summed E-state index contributed by atoms with van der Waals surface area (Å²) in [6.07, 6.45) is 19.5. The average molecular weight is 260 g/mol. The number of ether oxygens (including phenoxy) is 1. The van der Waals surface area contributed by atoms with Gasteiger partial charge in [-0.1, -0.05) is 55.2 Å². The number of allylic oxidation sites excluding steroid dienone is 8. The van der Waals surface area contributed by atoms with Crippen LogP contribution in [0.15, 0.2) is 60.8 Å². The van der Waals surface area contributed by atoms with Crippen molar-refractivity contribution in [1.29, 1.82) is 0 Å². The summed E-state index contributed by atoms with van der Waals surface area (Å²) in [5.74, 6) is -0.526. The summed E-state index contributed by atoms with van der Waals surface area (Å²) in [5.41, 5.74) is 0.303. The monoisotopic (exact) mass is 260 g/mol. The molecule has 0 aromatic rings. The summed E-state index contributed by atoms with van der Waals surface area (Å²) < 4.78 is 4.35. The van der Waals surface area contributed by atoms with Crippen LogP contribution in [0, 0.1) is 0 Å². The Morgan fingerprint density at radius 3 is 1.74 bits per heavy atom. The average Bonchev–Trinajstić information content (AvgIpc) is 3.11. The van der Waals surface area contributed by atoms with Crippen molar-refractivity contribution in [3.8, 4) is 0 Å². The summed E-state index contributed by atoms with van der Waals surface area (Å²) in [7, 11) is 0. The van der Waals surface area contributed by atoms with Crippen molar-refractivity contribution < 1.29 is 14.3 Å². The van der Waals surface area contributed by atoms with E-state index in [0.717, 1.165) is 12.8 Å². The molecule has 102 valence electrons. The van der Waals surface area contributed by atoms with Crippen molar-refractivity contribution in [1.82, 2.24) is 0 Å². The molecule has 0 saturated carbocycles. The third kappa shape index (κ3) is 12.1. The zero-order valence-electron chi connectivity index (χ0n) is 11.2. The fraction of sp³-hybridized carbons (Fsp3) is 0.250. The minimum absolute atomic E-state index is 0.189. The van der Waals surface area contributed by atoms with Gasteiger partial charge in [-0.3, -0.25) is 4.79 Å². The molecule has 0 bridgehead atoms. The molecule has 0 amide bonds. The van der Waals surface area contributed by atoms with Crippen LogP contribution in [0.1, 0.15) is 19.8 Å². The van der Waals surface area contributed by atoms with Gasteiger partial charge in [0.2, 0.25) is 0 Å². The van der Waals surface area contributed by atoms with Crippen LogP contribution in [0.5, 0.6) is 0 Å². The molecule has 2 aliphatic carbocycles. The maximum atomic E-state index is 10.4. The zero-order chi connectivity index (χ0) is 14.3. The topological polar surface area (TPSA) is 43.4 Å². The highest BCUT2D eigenvalue weighted by molar-refractivity contribution is 5.87. The van der Waals surface area contributed by atoms with Crippen LogP contribution >= 0.6 is 0 Å². The van der Waals surface area contributed by atoms with Crippen molar-refractivity contribution in [2.75, 3.05) is 6.61 Å². The molecule has 3 heteroatoms. The first-order valence-corrected chi connectivity index (χ1v) is 6.08. The number of carbonyl (C=O) groups excluding carboxylic acids is 2. The highest BCUT2D eigenvalue weighted by Crippen LogP contribution is 1.93. The van der Waals surface area contributed by atoms with Crippen LogP contribution in [-0.2, 0) is 14.3 Å². The third-order valence-corrected chi connectivity index (χ3v) is 1.94. The van der Waals surface area contributed by atoms with E-state index < -0.39 is 5.97 Å². The molecule has 0 atom stereocenters. The van der Waals surface area contributed by atoms with Crippen LogP contribution in [0.2, 0.25) is 0 Å². The van der Waals surface area contributed by atoms with Gasteiger partial charge in [0.05, 0.1) is 0 Å². The van der Waals surface area contributed by atoms with E-state index in [4.69, 9.17) is 0 Å². The number of hydrogen-bond acceptors (Lipinski definition) is 3. The van der Waals surface area contributed by atoms with Gasteiger partial charge in [-0.25, -0.2) is 4.79 Å².